The lowest BCUT2D eigenvalue weighted by Gasteiger charge is -2.42. The van der Waals surface area contributed by atoms with Crippen molar-refractivity contribution in [2.45, 2.75) is 76.4 Å². The lowest BCUT2D eigenvalue weighted by molar-refractivity contribution is -0.132. The molecule has 0 radical (unpaired) electrons. The summed E-state index contributed by atoms with van der Waals surface area (Å²) in [6.07, 6.45) is 11.8. The lowest BCUT2D eigenvalue weighted by atomic mass is 9.64. The molecule has 37 heavy (non-hydrogen) atoms. The summed E-state index contributed by atoms with van der Waals surface area (Å²) in [7, 11) is 3.84. The van der Waals surface area contributed by atoms with Crippen molar-refractivity contribution in [1.82, 2.24) is 20.5 Å². The van der Waals surface area contributed by atoms with Crippen LogP contribution < -0.4 is 16.4 Å². The van der Waals surface area contributed by atoms with E-state index in [-0.39, 0.29) is 17.9 Å². The fourth-order valence-electron chi connectivity index (χ4n) is 6.37. The maximum atomic E-state index is 13.6. The van der Waals surface area contributed by atoms with Gasteiger partial charge in [0, 0.05) is 12.7 Å². The Morgan fingerprint density at radius 3 is 2.46 bits per heavy atom. The van der Waals surface area contributed by atoms with Gasteiger partial charge < -0.3 is 16.4 Å². The number of benzene rings is 1. The van der Waals surface area contributed by atoms with Gasteiger partial charge in [-0.25, -0.2) is 4.98 Å². The second-order valence-electron chi connectivity index (χ2n) is 11.2. The quantitative estimate of drug-likeness (QED) is 0.454. The van der Waals surface area contributed by atoms with Crippen LogP contribution in [0, 0.1) is 17.8 Å². The first-order chi connectivity index (χ1) is 17.9. The Morgan fingerprint density at radius 2 is 1.73 bits per heavy atom. The van der Waals surface area contributed by atoms with Crippen LogP contribution in [0.5, 0.6) is 0 Å². The minimum atomic E-state index is -0.557. The number of anilines is 1. The molecule has 0 saturated heterocycles. The van der Waals surface area contributed by atoms with Gasteiger partial charge in [0.1, 0.15) is 11.9 Å². The molecule has 3 unspecified atom stereocenters. The van der Waals surface area contributed by atoms with E-state index in [0.717, 1.165) is 23.5 Å². The molecule has 4 rings (SSSR count). The minimum Gasteiger partial charge on any atom is -0.384 e. The van der Waals surface area contributed by atoms with Gasteiger partial charge in [-0.3, -0.25) is 14.5 Å². The summed E-state index contributed by atoms with van der Waals surface area (Å²) in [6, 6.07) is 12.7. The van der Waals surface area contributed by atoms with E-state index in [0.29, 0.717) is 37.0 Å². The number of hydrogen-bond acceptors (Lipinski definition) is 5. The maximum Gasteiger partial charge on any atom is 0.242 e. The molecular formula is C30H43N5O2. The van der Waals surface area contributed by atoms with Crippen molar-refractivity contribution < 1.29 is 9.59 Å². The van der Waals surface area contributed by atoms with Crippen molar-refractivity contribution in [2.24, 2.45) is 17.8 Å². The highest BCUT2D eigenvalue weighted by molar-refractivity contribution is 5.90. The number of fused-ring (bicyclic) bond motifs is 1. The van der Waals surface area contributed by atoms with Crippen LogP contribution in [-0.2, 0) is 22.6 Å². The number of pyridine rings is 1. The third-order valence-electron chi connectivity index (χ3n) is 8.41. The number of rotatable bonds is 10. The summed E-state index contributed by atoms with van der Waals surface area (Å²) in [5.74, 6) is 2.15. The number of likely N-dealkylation sites (N-methyl/N-ethyl adjacent to an activating group) is 1. The highest BCUT2D eigenvalue weighted by atomic mass is 16.2. The molecule has 2 aromatic rings. The lowest BCUT2D eigenvalue weighted by Crippen LogP contribution is -2.54. The van der Waals surface area contributed by atoms with Crippen LogP contribution in [0.1, 0.15) is 62.5 Å². The van der Waals surface area contributed by atoms with E-state index in [4.69, 9.17) is 5.73 Å². The van der Waals surface area contributed by atoms with Crippen LogP contribution in [0.3, 0.4) is 0 Å². The molecule has 0 spiro atoms. The number of hydrogen-bond donors (Lipinski definition) is 3. The average Bonchev–Trinajstić information content (AvgIpc) is 2.91. The minimum absolute atomic E-state index is 0.0980. The first-order valence-electron chi connectivity index (χ1n) is 13.9. The fourth-order valence-corrected chi connectivity index (χ4v) is 6.37. The first-order valence-corrected chi connectivity index (χ1v) is 13.9. The molecule has 2 aliphatic rings. The molecular weight excluding hydrogens is 462 g/mol. The predicted octanol–water partition coefficient (Wildman–Crippen LogP) is 3.93. The predicted molar refractivity (Wildman–Crippen MR) is 147 cm³/mol. The van der Waals surface area contributed by atoms with Gasteiger partial charge in [-0.1, -0.05) is 74.9 Å². The number of aromatic nitrogens is 1. The van der Waals surface area contributed by atoms with Crippen molar-refractivity contribution >= 4 is 17.6 Å². The van der Waals surface area contributed by atoms with Crippen molar-refractivity contribution in [1.29, 1.82) is 0 Å². The Hall–Kier alpha value is -2.93. The van der Waals surface area contributed by atoms with Crippen molar-refractivity contribution in [3.05, 3.63) is 59.8 Å². The maximum absolute atomic E-state index is 13.6. The van der Waals surface area contributed by atoms with Crippen LogP contribution in [0.4, 0.5) is 5.82 Å². The number of nitrogens with one attached hydrogen (secondary N) is 2. The molecule has 0 bridgehead atoms. The van der Waals surface area contributed by atoms with E-state index in [1.165, 1.54) is 38.5 Å². The third kappa shape index (κ3) is 7.54. The molecule has 7 nitrogen and oxygen atoms in total. The molecule has 5 atom stereocenters. The number of nitrogen functional groups attached to an aromatic ring is 1. The summed E-state index contributed by atoms with van der Waals surface area (Å²) in [4.78, 5) is 33.2. The van der Waals surface area contributed by atoms with Crippen LogP contribution >= 0.6 is 0 Å². The van der Waals surface area contributed by atoms with Gasteiger partial charge in [-0.15, -0.1) is 0 Å². The number of carbonyl (C=O) groups is 2. The molecule has 2 fully saturated rings. The summed E-state index contributed by atoms with van der Waals surface area (Å²) in [5, 5.41) is 6.23. The van der Waals surface area contributed by atoms with E-state index >= 15 is 0 Å². The van der Waals surface area contributed by atoms with Gasteiger partial charge in [0.2, 0.25) is 11.8 Å². The molecule has 2 aliphatic carbocycles. The molecule has 2 amide bonds. The second-order valence-corrected chi connectivity index (χ2v) is 11.2. The summed E-state index contributed by atoms with van der Waals surface area (Å²) in [6.45, 7) is 0.357. The molecule has 200 valence electrons. The zero-order valence-corrected chi connectivity index (χ0v) is 22.4. The molecule has 1 aromatic heterocycles. The number of nitrogens with two attached hydrogens (primary N) is 1. The van der Waals surface area contributed by atoms with E-state index in [1.807, 2.05) is 55.4 Å². The molecule has 2 saturated carbocycles. The van der Waals surface area contributed by atoms with E-state index in [9.17, 15) is 9.59 Å². The van der Waals surface area contributed by atoms with E-state index < -0.39 is 6.04 Å². The highest BCUT2D eigenvalue weighted by Crippen LogP contribution is 2.45. The Bertz CT molecular complexity index is 1010. The topological polar surface area (TPSA) is 100 Å². The molecule has 7 heteroatoms. The van der Waals surface area contributed by atoms with Gasteiger partial charge >= 0.3 is 0 Å². The SMILES string of the molecule is CN(C)[C@H](Cc1ccccc1)C(=O)N[C@@H](CC1CCCC2CCCCC21)C(=O)NCc1ccc(N)nc1. The number of amides is 2. The average molecular weight is 506 g/mol. The van der Waals surface area contributed by atoms with Crippen LogP contribution in [0.25, 0.3) is 0 Å². The molecule has 0 aliphatic heterocycles. The smallest absolute Gasteiger partial charge is 0.242 e. The van der Waals surface area contributed by atoms with Crippen LogP contribution in [0.15, 0.2) is 48.7 Å². The summed E-state index contributed by atoms with van der Waals surface area (Å²) in [5.41, 5.74) is 7.69. The van der Waals surface area contributed by atoms with Gasteiger partial charge in [-0.05, 0) is 68.3 Å². The number of nitrogens with zero attached hydrogens (tertiary/aromatic N) is 2. The standard InChI is InChI=1S/C30H43N5O2/c1-35(2)27(17-21-9-4-3-5-10-21)30(37)34-26(29(36)33-20-22-15-16-28(31)32-19-22)18-24-13-8-12-23-11-6-7-14-25(23)24/h3-5,9-10,15-16,19,23-27H,6-8,11-14,17-18,20H2,1-2H3,(H2,31,32)(H,33,36)(H,34,37)/t23?,24?,25?,26-,27+/m0/s1. The number of carbonyl (C=O) groups excluding carboxylic acids is 2. The fraction of sp³-hybridized carbons (Fsp3) is 0.567. The van der Waals surface area contributed by atoms with Gasteiger partial charge in [0.05, 0.1) is 6.04 Å². The third-order valence-corrected chi connectivity index (χ3v) is 8.41. The molecule has 4 N–H and O–H groups in total. The van der Waals surface area contributed by atoms with Crippen molar-refractivity contribution in [3.8, 4) is 0 Å². The zero-order chi connectivity index (χ0) is 26.2. The van der Waals surface area contributed by atoms with Crippen LogP contribution in [-0.4, -0.2) is 47.9 Å². The normalized spacial score (nSPS) is 23.1. The Morgan fingerprint density at radius 1 is 0.973 bits per heavy atom. The van der Waals surface area contributed by atoms with Gasteiger partial charge in [-0.2, -0.15) is 0 Å². The van der Waals surface area contributed by atoms with Crippen LogP contribution in [0.2, 0.25) is 0 Å². The largest absolute Gasteiger partial charge is 0.384 e. The molecule has 1 heterocycles. The van der Waals surface area contributed by atoms with Gasteiger partial charge in [0.25, 0.3) is 0 Å². The summed E-state index contributed by atoms with van der Waals surface area (Å²) >= 11 is 0. The van der Waals surface area contributed by atoms with Crippen molar-refractivity contribution in [3.63, 3.8) is 0 Å². The van der Waals surface area contributed by atoms with Crippen molar-refractivity contribution in [2.75, 3.05) is 19.8 Å². The monoisotopic (exact) mass is 505 g/mol. The Labute approximate surface area is 221 Å². The Balaban J connectivity index is 1.47. The first kappa shape index (κ1) is 27.1. The Kier molecular flexibility index (Phi) is 9.56. The highest BCUT2D eigenvalue weighted by Gasteiger charge is 2.38. The second kappa shape index (κ2) is 13.0. The summed E-state index contributed by atoms with van der Waals surface area (Å²) < 4.78 is 0. The van der Waals surface area contributed by atoms with E-state index in [2.05, 4.69) is 15.6 Å². The zero-order valence-electron chi connectivity index (χ0n) is 22.4. The van der Waals surface area contributed by atoms with Gasteiger partial charge in [0.15, 0.2) is 0 Å². The van der Waals surface area contributed by atoms with E-state index in [1.54, 1.807) is 12.3 Å². The molecule has 1 aromatic carbocycles.